The van der Waals surface area contributed by atoms with Gasteiger partial charge in [-0.25, -0.2) is 4.98 Å². The van der Waals surface area contributed by atoms with Gasteiger partial charge in [0.15, 0.2) is 0 Å². The fraction of sp³-hybridized carbons (Fsp3) is 0.581. The topological polar surface area (TPSA) is 97.8 Å². The average molecular weight is 570 g/mol. The Kier molecular flexibility index (Phi) is 11.1. The lowest BCUT2D eigenvalue weighted by Gasteiger charge is -2.33. The van der Waals surface area contributed by atoms with Gasteiger partial charge in [0.05, 0.1) is 18.4 Å². The molecule has 0 spiro atoms. The SMILES string of the molecule is Cl.O=C(O)CC(NC(=O)[C@@H]1CCCN(CCCc2ccc3c(n2)NCCC3)C1)c1cccc(N2CCCCC2)c1. The van der Waals surface area contributed by atoms with Crippen molar-refractivity contribution in [3.63, 3.8) is 0 Å². The number of hydrogen-bond donors (Lipinski definition) is 3. The van der Waals surface area contributed by atoms with E-state index in [-0.39, 0.29) is 30.7 Å². The molecule has 3 aliphatic rings. The molecule has 0 bridgehead atoms. The normalized spacial score (nSPS) is 20.0. The molecule has 0 saturated carbocycles. The van der Waals surface area contributed by atoms with Crippen LogP contribution >= 0.6 is 12.4 Å². The summed E-state index contributed by atoms with van der Waals surface area (Å²) >= 11 is 0. The molecular formula is C31H44ClN5O3. The summed E-state index contributed by atoms with van der Waals surface area (Å²) in [6.07, 6.45) is 9.52. The number of carbonyl (C=O) groups is 2. The summed E-state index contributed by atoms with van der Waals surface area (Å²) in [6, 6.07) is 11.9. The van der Waals surface area contributed by atoms with Crippen LogP contribution < -0.4 is 15.5 Å². The van der Waals surface area contributed by atoms with E-state index in [1.54, 1.807) is 0 Å². The molecule has 4 heterocycles. The van der Waals surface area contributed by atoms with Crippen molar-refractivity contribution in [1.29, 1.82) is 0 Å². The molecule has 0 radical (unpaired) electrons. The van der Waals surface area contributed by atoms with Crippen LogP contribution in [0.5, 0.6) is 0 Å². The minimum atomic E-state index is -0.903. The Labute approximate surface area is 244 Å². The third-order valence-corrected chi connectivity index (χ3v) is 8.42. The fourth-order valence-electron chi connectivity index (χ4n) is 6.27. The first-order valence-electron chi connectivity index (χ1n) is 14.9. The zero-order chi connectivity index (χ0) is 27.0. The number of amides is 1. The minimum absolute atomic E-state index is 0. The van der Waals surface area contributed by atoms with Crippen LogP contribution in [0.25, 0.3) is 0 Å². The highest BCUT2D eigenvalue weighted by Crippen LogP contribution is 2.27. The van der Waals surface area contributed by atoms with E-state index < -0.39 is 12.0 Å². The van der Waals surface area contributed by atoms with Crippen LogP contribution in [-0.2, 0) is 22.4 Å². The Morgan fingerprint density at radius 2 is 1.93 bits per heavy atom. The number of piperidine rings is 2. The van der Waals surface area contributed by atoms with E-state index in [4.69, 9.17) is 4.98 Å². The molecule has 2 saturated heterocycles. The second-order valence-corrected chi connectivity index (χ2v) is 11.4. The quantitative estimate of drug-likeness (QED) is 0.377. The highest BCUT2D eigenvalue weighted by Gasteiger charge is 2.28. The van der Waals surface area contributed by atoms with Crippen molar-refractivity contribution < 1.29 is 14.7 Å². The van der Waals surface area contributed by atoms with Crippen LogP contribution in [0, 0.1) is 5.92 Å². The predicted molar refractivity (Wildman–Crippen MR) is 161 cm³/mol. The molecule has 2 atom stereocenters. The van der Waals surface area contributed by atoms with E-state index in [1.807, 2.05) is 12.1 Å². The highest BCUT2D eigenvalue weighted by molar-refractivity contribution is 5.85. The third kappa shape index (κ3) is 8.10. The summed E-state index contributed by atoms with van der Waals surface area (Å²) < 4.78 is 0. The number of benzene rings is 1. The van der Waals surface area contributed by atoms with Gasteiger partial charge >= 0.3 is 5.97 Å². The first-order chi connectivity index (χ1) is 19.0. The largest absolute Gasteiger partial charge is 0.481 e. The number of aryl methyl sites for hydroxylation is 2. The van der Waals surface area contributed by atoms with Crippen LogP contribution in [0.15, 0.2) is 36.4 Å². The zero-order valence-electron chi connectivity index (χ0n) is 23.4. The van der Waals surface area contributed by atoms with Gasteiger partial charge < -0.3 is 25.5 Å². The molecule has 9 heteroatoms. The minimum Gasteiger partial charge on any atom is -0.481 e. The molecule has 5 rings (SSSR count). The maximum Gasteiger partial charge on any atom is 0.305 e. The maximum atomic E-state index is 13.4. The molecule has 2 aromatic rings. The van der Waals surface area contributed by atoms with Crippen molar-refractivity contribution in [3.8, 4) is 0 Å². The molecule has 1 aromatic carbocycles. The Hall–Kier alpha value is -2.84. The molecule has 0 aliphatic carbocycles. The van der Waals surface area contributed by atoms with Gasteiger partial charge in [0, 0.05) is 37.6 Å². The van der Waals surface area contributed by atoms with Gasteiger partial charge in [-0.3, -0.25) is 9.59 Å². The van der Waals surface area contributed by atoms with Crippen LogP contribution in [0.2, 0.25) is 0 Å². The number of rotatable bonds is 10. The molecule has 1 amide bonds. The lowest BCUT2D eigenvalue weighted by molar-refractivity contribution is -0.138. The summed E-state index contributed by atoms with van der Waals surface area (Å²) in [4.78, 5) is 34.6. The monoisotopic (exact) mass is 569 g/mol. The van der Waals surface area contributed by atoms with Crippen molar-refractivity contribution in [3.05, 3.63) is 53.2 Å². The maximum absolute atomic E-state index is 13.4. The van der Waals surface area contributed by atoms with Gasteiger partial charge in [0.2, 0.25) is 5.91 Å². The number of nitrogens with one attached hydrogen (secondary N) is 2. The van der Waals surface area contributed by atoms with E-state index in [0.29, 0.717) is 0 Å². The Balaban J connectivity index is 0.00000370. The molecule has 1 unspecified atom stereocenters. The fourth-order valence-corrected chi connectivity index (χ4v) is 6.27. The number of likely N-dealkylation sites (tertiary alicyclic amines) is 1. The molecule has 40 heavy (non-hydrogen) atoms. The lowest BCUT2D eigenvalue weighted by atomic mass is 9.95. The van der Waals surface area contributed by atoms with E-state index in [0.717, 1.165) is 94.1 Å². The summed E-state index contributed by atoms with van der Waals surface area (Å²) in [6.45, 7) is 5.70. The van der Waals surface area contributed by atoms with Gasteiger partial charge in [-0.15, -0.1) is 12.4 Å². The van der Waals surface area contributed by atoms with Crippen LogP contribution in [0.4, 0.5) is 11.5 Å². The number of fused-ring (bicyclic) bond motifs is 1. The van der Waals surface area contributed by atoms with Gasteiger partial charge in [0.1, 0.15) is 5.82 Å². The van der Waals surface area contributed by atoms with Crippen molar-refractivity contribution in [2.24, 2.45) is 5.92 Å². The third-order valence-electron chi connectivity index (χ3n) is 8.42. The number of halogens is 1. The lowest BCUT2D eigenvalue weighted by Crippen LogP contribution is -2.44. The number of carboxylic acids is 1. The molecule has 218 valence electrons. The number of anilines is 2. The summed E-state index contributed by atoms with van der Waals surface area (Å²) in [5, 5.41) is 16.1. The van der Waals surface area contributed by atoms with Crippen LogP contribution in [0.3, 0.4) is 0 Å². The number of hydrogen-bond acceptors (Lipinski definition) is 6. The number of carbonyl (C=O) groups excluding carboxylic acids is 1. The van der Waals surface area contributed by atoms with E-state index in [1.165, 1.54) is 31.2 Å². The van der Waals surface area contributed by atoms with E-state index >= 15 is 0 Å². The molecule has 3 aliphatic heterocycles. The van der Waals surface area contributed by atoms with Crippen molar-refractivity contribution in [1.82, 2.24) is 15.2 Å². The highest BCUT2D eigenvalue weighted by atomic mass is 35.5. The van der Waals surface area contributed by atoms with Gasteiger partial charge in [-0.1, -0.05) is 18.2 Å². The van der Waals surface area contributed by atoms with Gasteiger partial charge in [-0.05, 0) is 100 Å². The predicted octanol–water partition coefficient (Wildman–Crippen LogP) is 4.83. The van der Waals surface area contributed by atoms with Crippen LogP contribution in [0.1, 0.15) is 74.2 Å². The Bertz CT molecular complexity index is 1140. The number of aliphatic carboxylic acids is 1. The molecule has 3 N–H and O–H groups in total. The number of nitrogens with zero attached hydrogens (tertiary/aromatic N) is 3. The smallest absolute Gasteiger partial charge is 0.305 e. The molecule has 2 fully saturated rings. The Morgan fingerprint density at radius 1 is 1.07 bits per heavy atom. The summed E-state index contributed by atoms with van der Waals surface area (Å²) in [5.74, 6) is -0.00563. The second-order valence-electron chi connectivity index (χ2n) is 11.4. The zero-order valence-corrected chi connectivity index (χ0v) is 24.3. The average Bonchev–Trinajstić information content (AvgIpc) is 2.97. The number of carboxylic acid groups (broad SMARTS) is 1. The van der Waals surface area contributed by atoms with Crippen LogP contribution in [-0.4, -0.2) is 66.1 Å². The first-order valence-corrected chi connectivity index (χ1v) is 14.9. The first kappa shape index (κ1) is 30.1. The molecule has 8 nitrogen and oxygen atoms in total. The van der Waals surface area contributed by atoms with Crippen molar-refractivity contribution in [2.45, 2.75) is 70.3 Å². The van der Waals surface area contributed by atoms with E-state index in [9.17, 15) is 14.7 Å². The van der Waals surface area contributed by atoms with Gasteiger partial charge in [-0.2, -0.15) is 0 Å². The Morgan fingerprint density at radius 3 is 2.75 bits per heavy atom. The summed E-state index contributed by atoms with van der Waals surface area (Å²) in [7, 11) is 0. The number of aromatic nitrogens is 1. The summed E-state index contributed by atoms with van der Waals surface area (Å²) in [5.41, 5.74) is 4.42. The van der Waals surface area contributed by atoms with Gasteiger partial charge in [0.25, 0.3) is 0 Å². The molecule has 1 aromatic heterocycles. The number of pyridine rings is 1. The van der Waals surface area contributed by atoms with Crippen molar-refractivity contribution >= 4 is 35.8 Å². The van der Waals surface area contributed by atoms with Crippen molar-refractivity contribution in [2.75, 3.05) is 49.5 Å². The van der Waals surface area contributed by atoms with E-state index in [2.05, 4.69) is 44.7 Å². The second kappa shape index (κ2) is 14.7. The standard InChI is InChI=1S/C31H43N5O3.ClH/c37-29(38)21-28(24-8-4-12-27(20-24)36-18-2-1-3-19-36)34-31(39)25-10-6-16-35(22-25)17-7-11-26-14-13-23-9-5-15-32-30(23)33-26;/h4,8,12-14,20,25,28H,1-3,5-7,9-11,15-19,21-22H2,(H,32,33)(H,34,39)(H,37,38);1H/t25-,28?;/m1./s1. The molecular weight excluding hydrogens is 526 g/mol.